The monoisotopic (exact) mass is 285 g/mol. The first kappa shape index (κ1) is 19.2. The number of nitrogens with one attached hydrogen (secondary N) is 2. The molecular weight excluding hydrogens is 250 g/mol. The van der Waals surface area contributed by atoms with Crippen LogP contribution in [0.4, 0.5) is 0 Å². The summed E-state index contributed by atoms with van der Waals surface area (Å²) < 4.78 is 0. The molecular formula is C16H35N3O. The van der Waals surface area contributed by atoms with Crippen LogP contribution in [-0.4, -0.2) is 37.3 Å². The maximum atomic E-state index is 9.08. The van der Waals surface area contributed by atoms with Crippen molar-refractivity contribution in [3.8, 4) is 0 Å². The number of hydrogen-bond donors (Lipinski definition) is 3. The normalized spacial score (nSPS) is 13.6. The third-order valence-electron chi connectivity index (χ3n) is 3.34. The maximum Gasteiger partial charge on any atom is 0.191 e. The van der Waals surface area contributed by atoms with E-state index >= 15 is 0 Å². The van der Waals surface area contributed by atoms with Gasteiger partial charge in [-0.2, -0.15) is 0 Å². The molecule has 0 aliphatic heterocycles. The molecule has 0 aromatic carbocycles. The highest BCUT2D eigenvalue weighted by Crippen LogP contribution is 2.11. The number of aliphatic imine (C=N–C) groups is 1. The quantitative estimate of drug-likeness (QED) is 0.311. The molecule has 0 bridgehead atoms. The summed E-state index contributed by atoms with van der Waals surface area (Å²) in [4.78, 5) is 4.65. The van der Waals surface area contributed by atoms with E-state index in [4.69, 9.17) is 5.11 Å². The minimum Gasteiger partial charge on any atom is -0.396 e. The molecule has 3 N–H and O–H groups in total. The molecule has 0 amide bonds. The van der Waals surface area contributed by atoms with Crippen molar-refractivity contribution in [3.05, 3.63) is 0 Å². The van der Waals surface area contributed by atoms with E-state index in [1.54, 1.807) is 0 Å². The van der Waals surface area contributed by atoms with Crippen molar-refractivity contribution in [1.82, 2.24) is 10.6 Å². The number of hydrogen-bond acceptors (Lipinski definition) is 2. The molecule has 20 heavy (non-hydrogen) atoms. The zero-order chi connectivity index (χ0) is 15.2. The van der Waals surface area contributed by atoms with Gasteiger partial charge < -0.3 is 15.7 Å². The highest BCUT2D eigenvalue weighted by atomic mass is 16.3. The van der Waals surface area contributed by atoms with Gasteiger partial charge in [0.05, 0.1) is 0 Å². The van der Waals surface area contributed by atoms with Gasteiger partial charge in [0.15, 0.2) is 5.96 Å². The standard InChI is InChI=1S/C16H35N3O/c1-5-8-15(10-12-20)13-19-16(17-6-2)18-11-7-9-14(3)4/h14-15,20H,5-13H2,1-4H3,(H2,17,18,19). The fraction of sp³-hybridized carbons (Fsp3) is 0.938. The summed E-state index contributed by atoms with van der Waals surface area (Å²) in [5, 5.41) is 15.8. The predicted octanol–water partition coefficient (Wildman–Crippen LogP) is 2.78. The SMILES string of the molecule is CCCC(CCO)CN=C(NCC)NCCCC(C)C. The summed E-state index contributed by atoms with van der Waals surface area (Å²) in [6, 6.07) is 0. The molecule has 1 unspecified atom stereocenters. The predicted molar refractivity (Wildman–Crippen MR) is 88.2 cm³/mol. The second-order valence-corrected chi connectivity index (χ2v) is 5.85. The topological polar surface area (TPSA) is 56.7 Å². The Balaban J connectivity index is 4.15. The molecule has 0 saturated heterocycles. The highest BCUT2D eigenvalue weighted by Gasteiger charge is 2.07. The Morgan fingerprint density at radius 3 is 2.40 bits per heavy atom. The maximum absolute atomic E-state index is 9.08. The van der Waals surface area contributed by atoms with Crippen molar-refractivity contribution < 1.29 is 5.11 Å². The van der Waals surface area contributed by atoms with E-state index in [2.05, 4.69) is 43.3 Å². The average molecular weight is 285 g/mol. The Bertz CT molecular complexity index is 236. The smallest absolute Gasteiger partial charge is 0.191 e. The van der Waals surface area contributed by atoms with Gasteiger partial charge in [0, 0.05) is 26.2 Å². The molecule has 0 aromatic heterocycles. The molecule has 1 atom stereocenters. The van der Waals surface area contributed by atoms with Crippen molar-refractivity contribution in [3.63, 3.8) is 0 Å². The van der Waals surface area contributed by atoms with E-state index in [0.717, 1.165) is 50.8 Å². The van der Waals surface area contributed by atoms with E-state index < -0.39 is 0 Å². The lowest BCUT2D eigenvalue weighted by molar-refractivity contribution is 0.253. The zero-order valence-corrected chi connectivity index (χ0v) is 13.9. The van der Waals surface area contributed by atoms with Crippen LogP contribution >= 0.6 is 0 Å². The van der Waals surface area contributed by atoms with Gasteiger partial charge in [-0.05, 0) is 44.4 Å². The minimum absolute atomic E-state index is 0.262. The molecule has 0 aliphatic rings. The second-order valence-electron chi connectivity index (χ2n) is 5.85. The Morgan fingerprint density at radius 1 is 1.10 bits per heavy atom. The van der Waals surface area contributed by atoms with Gasteiger partial charge in [-0.25, -0.2) is 0 Å². The second kappa shape index (κ2) is 13.2. The number of guanidine groups is 1. The van der Waals surface area contributed by atoms with Crippen LogP contribution < -0.4 is 10.6 Å². The van der Waals surface area contributed by atoms with Gasteiger partial charge in [0.2, 0.25) is 0 Å². The van der Waals surface area contributed by atoms with Crippen LogP contribution in [0, 0.1) is 11.8 Å². The minimum atomic E-state index is 0.262. The van der Waals surface area contributed by atoms with Crippen LogP contribution in [0.3, 0.4) is 0 Å². The molecule has 120 valence electrons. The van der Waals surface area contributed by atoms with E-state index in [9.17, 15) is 0 Å². The molecule has 0 aromatic rings. The van der Waals surface area contributed by atoms with Crippen LogP contribution in [0.25, 0.3) is 0 Å². The Labute approximate surface area is 125 Å². The van der Waals surface area contributed by atoms with Gasteiger partial charge in [0.25, 0.3) is 0 Å². The molecule has 0 spiro atoms. The number of nitrogens with zero attached hydrogens (tertiary/aromatic N) is 1. The number of aliphatic hydroxyl groups excluding tert-OH is 1. The van der Waals surface area contributed by atoms with Crippen molar-refractivity contribution in [1.29, 1.82) is 0 Å². The van der Waals surface area contributed by atoms with Crippen molar-refractivity contribution in [2.24, 2.45) is 16.8 Å². The molecule has 0 saturated carbocycles. The Hall–Kier alpha value is -0.770. The highest BCUT2D eigenvalue weighted by molar-refractivity contribution is 5.79. The average Bonchev–Trinajstić information content (AvgIpc) is 2.40. The zero-order valence-electron chi connectivity index (χ0n) is 13.9. The fourth-order valence-electron chi connectivity index (χ4n) is 2.20. The summed E-state index contributed by atoms with van der Waals surface area (Å²) in [5.41, 5.74) is 0. The summed E-state index contributed by atoms with van der Waals surface area (Å²) in [6.07, 6.45) is 5.56. The lowest BCUT2D eigenvalue weighted by atomic mass is 10.0. The van der Waals surface area contributed by atoms with Crippen LogP contribution in [-0.2, 0) is 0 Å². The molecule has 0 aliphatic carbocycles. The summed E-state index contributed by atoms with van der Waals surface area (Å²) in [5.74, 6) is 2.17. The van der Waals surface area contributed by atoms with Crippen LogP contribution in [0.1, 0.15) is 59.8 Å². The summed E-state index contributed by atoms with van der Waals surface area (Å²) in [7, 11) is 0. The molecule has 0 radical (unpaired) electrons. The Kier molecular flexibility index (Phi) is 12.7. The molecule has 0 fully saturated rings. The van der Waals surface area contributed by atoms with Gasteiger partial charge >= 0.3 is 0 Å². The summed E-state index contributed by atoms with van der Waals surface area (Å²) >= 11 is 0. The van der Waals surface area contributed by atoms with E-state index in [1.807, 2.05) is 0 Å². The van der Waals surface area contributed by atoms with E-state index in [0.29, 0.717) is 5.92 Å². The molecule has 4 nitrogen and oxygen atoms in total. The number of rotatable bonds is 11. The lowest BCUT2D eigenvalue weighted by Crippen LogP contribution is -2.38. The summed E-state index contributed by atoms with van der Waals surface area (Å²) in [6.45, 7) is 11.7. The molecule has 0 heterocycles. The lowest BCUT2D eigenvalue weighted by Gasteiger charge is -2.15. The first-order chi connectivity index (χ1) is 9.63. The molecule has 0 rings (SSSR count). The van der Waals surface area contributed by atoms with Gasteiger partial charge in [-0.15, -0.1) is 0 Å². The van der Waals surface area contributed by atoms with Crippen molar-refractivity contribution in [2.45, 2.75) is 59.8 Å². The van der Waals surface area contributed by atoms with E-state index in [-0.39, 0.29) is 6.61 Å². The van der Waals surface area contributed by atoms with Gasteiger partial charge in [-0.3, -0.25) is 4.99 Å². The van der Waals surface area contributed by atoms with E-state index in [1.165, 1.54) is 12.8 Å². The van der Waals surface area contributed by atoms with Gasteiger partial charge in [-0.1, -0.05) is 27.2 Å². The Morgan fingerprint density at radius 2 is 1.85 bits per heavy atom. The third-order valence-corrected chi connectivity index (χ3v) is 3.34. The first-order valence-electron chi connectivity index (χ1n) is 8.27. The first-order valence-corrected chi connectivity index (χ1v) is 8.27. The number of aliphatic hydroxyl groups is 1. The largest absolute Gasteiger partial charge is 0.396 e. The van der Waals surface area contributed by atoms with Crippen LogP contribution in [0.15, 0.2) is 4.99 Å². The van der Waals surface area contributed by atoms with Gasteiger partial charge in [0.1, 0.15) is 0 Å². The van der Waals surface area contributed by atoms with Crippen LogP contribution in [0.5, 0.6) is 0 Å². The van der Waals surface area contributed by atoms with Crippen molar-refractivity contribution in [2.75, 3.05) is 26.2 Å². The van der Waals surface area contributed by atoms with Crippen molar-refractivity contribution >= 4 is 5.96 Å². The third kappa shape index (κ3) is 11.1. The fourth-order valence-corrected chi connectivity index (χ4v) is 2.20. The molecule has 4 heteroatoms. The van der Waals surface area contributed by atoms with Crippen LogP contribution in [0.2, 0.25) is 0 Å².